The Kier molecular flexibility index (Phi) is 5.56. The number of carbonyl (C=O) groups is 3. The quantitative estimate of drug-likeness (QED) is 0.728. The topological polar surface area (TPSA) is 87.7 Å². The molecule has 0 saturated carbocycles. The number of halogens is 1. The molecule has 1 saturated heterocycles. The maximum Gasteiger partial charge on any atom is 0.325 e. The van der Waals surface area contributed by atoms with E-state index in [1.807, 2.05) is 12.1 Å². The van der Waals surface area contributed by atoms with Crippen LogP contribution in [0.3, 0.4) is 0 Å². The third-order valence-electron chi connectivity index (χ3n) is 4.64. The lowest BCUT2D eigenvalue weighted by Gasteiger charge is -2.23. The van der Waals surface area contributed by atoms with Gasteiger partial charge in [-0.25, -0.2) is 4.79 Å². The molecule has 2 aromatic rings. The van der Waals surface area contributed by atoms with E-state index in [2.05, 4.69) is 10.6 Å². The Bertz CT molecular complexity index is 916. The van der Waals surface area contributed by atoms with Gasteiger partial charge in [0, 0.05) is 17.1 Å². The van der Waals surface area contributed by atoms with E-state index in [4.69, 9.17) is 16.3 Å². The van der Waals surface area contributed by atoms with Crippen LogP contribution >= 0.6 is 11.6 Å². The molecule has 146 valence electrons. The van der Waals surface area contributed by atoms with Crippen LogP contribution < -0.4 is 15.4 Å². The average Bonchev–Trinajstić information content (AvgIpc) is 2.91. The highest BCUT2D eigenvalue weighted by atomic mass is 35.5. The highest BCUT2D eigenvalue weighted by Crippen LogP contribution is 2.33. The predicted octanol–water partition coefficient (Wildman–Crippen LogP) is 2.43. The van der Waals surface area contributed by atoms with Crippen molar-refractivity contribution in [2.24, 2.45) is 0 Å². The molecule has 1 heterocycles. The highest BCUT2D eigenvalue weighted by Gasteiger charge is 2.50. The third-order valence-corrected chi connectivity index (χ3v) is 4.97. The van der Waals surface area contributed by atoms with Gasteiger partial charge in [-0.1, -0.05) is 41.9 Å². The molecule has 7 nitrogen and oxygen atoms in total. The number of nitrogens with zero attached hydrogens (tertiary/aromatic N) is 1. The van der Waals surface area contributed by atoms with Crippen molar-refractivity contribution in [3.05, 3.63) is 64.7 Å². The number of carbonyl (C=O) groups excluding carboxylic acids is 3. The Morgan fingerprint density at radius 2 is 1.86 bits per heavy atom. The molecule has 3 rings (SSSR count). The molecule has 2 N–H and O–H groups in total. The normalized spacial score (nSPS) is 18.8. The first-order chi connectivity index (χ1) is 13.3. The molecule has 1 aliphatic rings. The first-order valence-electron chi connectivity index (χ1n) is 8.64. The second-order valence-corrected chi connectivity index (χ2v) is 6.96. The molecule has 0 radical (unpaired) electrons. The Hall–Kier alpha value is -3.06. The zero-order chi connectivity index (χ0) is 20.3. The summed E-state index contributed by atoms with van der Waals surface area (Å²) in [6, 6.07) is 13.4. The Morgan fingerprint density at radius 3 is 2.50 bits per heavy atom. The van der Waals surface area contributed by atoms with Gasteiger partial charge < -0.3 is 15.4 Å². The van der Waals surface area contributed by atoms with Gasteiger partial charge in [0.15, 0.2) is 0 Å². The maximum absolute atomic E-state index is 12.9. The summed E-state index contributed by atoms with van der Waals surface area (Å²) in [7, 11) is 1.57. The average molecular weight is 402 g/mol. The van der Waals surface area contributed by atoms with Gasteiger partial charge in [-0.2, -0.15) is 0 Å². The second-order valence-electron chi connectivity index (χ2n) is 6.55. The molecule has 1 aliphatic heterocycles. The van der Waals surface area contributed by atoms with Crippen LogP contribution in [-0.4, -0.2) is 36.4 Å². The fourth-order valence-corrected chi connectivity index (χ4v) is 3.36. The number of imide groups is 1. The Balaban J connectivity index is 1.65. The SMILES string of the molecule is COc1ccc(CNC(=O)CN2C(=O)N[C@](C)(c3ccccc3Cl)C2=O)cc1. The summed E-state index contributed by atoms with van der Waals surface area (Å²) in [4.78, 5) is 38.3. The number of urea groups is 1. The van der Waals surface area contributed by atoms with E-state index >= 15 is 0 Å². The summed E-state index contributed by atoms with van der Waals surface area (Å²) in [5.74, 6) is -0.249. The molecule has 0 bridgehead atoms. The molecular weight excluding hydrogens is 382 g/mol. The fourth-order valence-electron chi connectivity index (χ4n) is 3.03. The van der Waals surface area contributed by atoms with Gasteiger partial charge in [-0.15, -0.1) is 0 Å². The van der Waals surface area contributed by atoms with Gasteiger partial charge in [-0.05, 0) is 30.7 Å². The minimum Gasteiger partial charge on any atom is -0.497 e. The summed E-state index contributed by atoms with van der Waals surface area (Å²) in [5, 5.41) is 5.71. The third kappa shape index (κ3) is 3.80. The zero-order valence-corrected chi connectivity index (χ0v) is 16.2. The van der Waals surface area contributed by atoms with Crippen LogP contribution in [-0.2, 0) is 21.7 Å². The first-order valence-corrected chi connectivity index (χ1v) is 9.01. The number of amides is 4. The van der Waals surface area contributed by atoms with E-state index in [0.29, 0.717) is 16.3 Å². The Morgan fingerprint density at radius 1 is 1.18 bits per heavy atom. The van der Waals surface area contributed by atoms with Crippen LogP contribution in [0.15, 0.2) is 48.5 Å². The minimum atomic E-state index is -1.31. The molecule has 1 fully saturated rings. The number of rotatable bonds is 6. The van der Waals surface area contributed by atoms with Crippen molar-refractivity contribution in [3.8, 4) is 5.75 Å². The summed E-state index contributed by atoms with van der Waals surface area (Å²) < 4.78 is 5.09. The van der Waals surface area contributed by atoms with E-state index in [1.54, 1.807) is 50.4 Å². The van der Waals surface area contributed by atoms with E-state index in [-0.39, 0.29) is 13.1 Å². The zero-order valence-electron chi connectivity index (χ0n) is 15.5. The largest absolute Gasteiger partial charge is 0.497 e. The van der Waals surface area contributed by atoms with Crippen molar-refractivity contribution in [3.63, 3.8) is 0 Å². The van der Waals surface area contributed by atoms with Crippen LogP contribution in [0.4, 0.5) is 4.79 Å². The lowest BCUT2D eigenvalue weighted by Crippen LogP contribution is -2.43. The smallest absolute Gasteiger partial charge is 0.325 e. The standard InChI is InChI=1S/C20H20ClN3O4/c1-20(15-5-3-4-6-16(15)21)18(26)24(19(27)23-20)12-17(25)22-11-13-7-9-14(28-2)10-8-13/h3-10H,11-12H2,1-2H3,(H,22,25)(H,23,27)/t20-/m1/s1. The van der Waals surface area contributed by atoms with E-state index < -0.39 is 23.4 Å². The molecule has 0 unspecified atom stereocenters. The summed E-state index contributed by atoms with van der Waals surface area (Å²) in [5.41, 5.74) is 0.0366. The number of ether oxygens (including phenoxy) is 1. The molecule has 1 atom stereocenters. The van der Waals surface area contributed by atoms with Crippen LogP contribution in [0.25, 0.3) is 0 Å². The van der Waals surface area contributed by atoms with E-state index in [1.165, 1.54) is 0 Å². The lowest BCUT2D eigenvalue weighted by atomic mass is 9.92. The van der Waals surface area contributed by atoms with Gasteiger partial charge >= 0.3 is 6.03 Å². The molecule has 28 heavy (non-hydrogen) atoms. The number of methoxy groups -OCH3 is 1. The van der Waals surface area contributed by atoms with Crippen LogP contribution in [0, 0.1) is 0 Å². The second kappa shape index (κ2) is 7.90. The predicted molar refractivity (Wildman–Crippen MR) is 104 cm³/mol. The molecule has 0 aromatic heterocycles. The minimum absolute atomic E-state index is 0.272. The van der Waals surface area contributed by atoms with Gasteiger partial charge in [0.1, 0.15) is 17.8 Å². The first kappa shape index (κ1) is 19.7. The number of hydrogen-bond donors (Lipinski definition) is 2. The molecule has 0 spiro atoms. The summed E-state index contributed by atoms with van der Waals surface area (Å²) in [6.45, 7) is 1.47. The molecule has 0 aliphatic carbocycles. The number of benzene rings is 2. The summed E-state index contributed by atoms with van der Waals surface area (Å²) in [6.07, 6.45) is 0. The van der Waals surface area contributed by atoms with E-state index in [0.717, 1.165) is 10.5 Å². The van der Waals surface area contributed by atoms with Crippen molar-refractivity contribution >= 4 is 29.4 Å². The van der Waals surface area contributed by atoms with Gasteiger partial charge in [0.05, 0.1) is 7.11 Å². The van der Waals surface area contributed by atoms with Gasteiger partial charge in [0.2, 0.25) is 5.91 Å². The summed E-state index contributed by atoms with van der Waals surface area (Å²) >= 11 is 6.19. The van der Waals surface area contributed by atoms with Crippen molar-refractivity contribution in [1.82, 2.24) is 15.5 Å². The monoisotopic (exact) mass is 401 g/mol. The van der Waals surface area contributed by atoms with Gasteiger partial charge in [-0.3, -0.25) is 14.5 Å². The Labute approximate surface area is 167 Å². The number of nitrogens with one attached hydrogen (secondary N) is 2. The molecule has 2 aromatic carbocycles. The lowest BCUT2D eigenvalue weighted by molar-refractivity contribution is -0.134. The van der Waals surface area contributed by atoms with Crippen LogP contribution in [0.5, 0.6) is 5.75 Å². The molecule has 4 amide bonds. The molecular formula is C20H20ClN3O4. The van der Waals surface area contributed by atoms with Crippen LogP contribution in [0.1, 0.15) is 18.1 Å². The van der Waals surface area contributed by atoms with Crippen molar-refractivity contribution in [2.75, 3.05) is 13.7 Å². The fraction of sp³-hybridized carbons (Fsp3) is 0.250. The van der Waals surface area contributed by atoms with Crippen molar-refractivity contribution in [2.45, 2.75) is 19.0 Å². The number of hydrogen-bond acceptors (Lipinski definition) is 4. The maximum atomic E-state index is 12.9. The molecule has 8 heteroatoms. The highest BCUT2D eigenvalue weighted by molar-refractivity contribution is 6.32. The van der Waals surface area contributed by atoms with Gasteiger partial charge in [0.25, 0.3) is 5.91 Å². The van der Waals surface area contributed by atoms with Crippen molar-refractivity contribution in [1.29, 1.82) is 0 Å². The van der Waals surface area contributed by atoms with E-state index in [9.17, 15) is 14.4 Å². The van der Waals surface area contributed by atoms with Crippen LogP contribution in [0.2, 0.25) is 5.02 Å². The van der Waals surface area contributed by atoms with Crippen molar-refractivity contribution < 1.29 is 19.1 Å².